The van der Waals surface area contributed by atoms with Gasteiger partial charge in [0.1, 0.15) is 0 Å². The minimum atomic E-state index is 0.326. The fourth-order valence-corrected chi connectivity index (χ4v) is 2.36. The number of hydrogen-bond acceptors (Lipinski definition) is 7. The van der Waals surface area contributed by atoms with E-state index in [4.69, 9.17) is 9.47 Å². The van der Waals surface area contributed by atoms with E-state index in [9.17, 15) is 0 Å². The normalized spacial score (nSPS) is 15.7. The van der Waals surface area contributed by atoms with Gasteiger partial charge in [-0.2, -0.15) is 15.0 Å². The summed E-state index contributed by atoms with van der Waals surface area (Å²) in [4.78, 5) is 12.6. The maximum Gasteiger partial charge on any atom is 0.323 e. The molecule has 0 atom stereocenters. The van der Waals surface area contributed by atoms with Crippen molar-refractivity contribution < 1.29 is 9.47 Å². The first-order valence-corrected chi connectivity index (χ1v) is 7.74. The Kier molecular flexibility index (Phi) is 6.46. The molecule has 2 N–H and O–H groups in total. The molecule has 1 aromatic heterocycles. The average molecular weight is 295 g/mol. The van der Waals surface area contributed by atoms with Crippen LogP contribution in [0.15, 0.2) is 0 Å². The third-order valence-electron chi connectivity index (χ3n) is 3.40. The minimum absolute atomic E-state index is 0.326. The Balaban J connectivity index is 1.77. The predicted octanol–water partition coefficient (Wildman–Crippen LogP) is 2.07. The van der Waals surface area contributed by atoms with E-state index < -0.39 is 0 Å². The first-order valence-electron chi connectivity index (χ1n) is 7.74. The molecular weight excluding hydrogens is 270 g/mol. The molecule has 0 saturated heterocycles. The zero-order valence-corrected chi connectivity index (χ0v) is 12.9. The molecule has 0 amide bonds. The molecule has 0 spiro atoms. The summed E-state index contributed by atoms with van der Waals surface area (Å²) in [7, 11) is 1.76. The summed E-state index contributed by atoms with van der Waals surface area (Å²) < 4.78 is 11.2. The summed E-state index contributed by atoms with van der Waals surface area (Å²) in [6.45, 7) is 3.76. The molecular formula is C14H25N5O2. The molecule has 2 rings (SSSR count). The van der Waals surface area contributed by atoms with Crippen LogP contribution in [-0.2, 0) is 4.74 Å². The summed E-state index contributed by atoms with van der Waals surface area (Å²) in [5, 5.41) is 6.05. The number of ether oxygens (including phenoxy) is 2. The minimum Gasteiger partial charge on any atom is -0.464 e. The fraction of sp³-hybridized carbons (Fsp3) is 0.786. The van der Waals surface area contributed by atoms with Crippen molar-refractivity contribution in [3.05, 3.63) is 0 Å². The molecule has 21 heavy (non-hydrogen) atoms. The van der Waals surface area contributed by atoms with Crippen molar-refractivity contribution in [3.63, 3.8) is 0 Å². The van der Waals surface area contributed by atoms with E-state index in [0.717, 1.165) is 0 Å². The van der Waals surface area contributed by atoms with Crippen molar-refractivity contribution in [1.82, 2.24) is 15.0 Å². The van der Waals surface area contributed by atoms with Crippen LogP contribution in [0.2, 0.25) is 0 Å². The average Bonchev–Trinajstić information content (AvgIpc) is 2.53. The van der Waals surface area contributed by atoms with Gasteiger partial charge in [0, 0.05) is 13.6 Å². The van der Waals surface area contributed by atoms with Gasteiger partial charge in [0.05, 0.1) is 19.3 Å². The molecule has 7 nitrogen and oxygen atoms in total. The largest absolute Gasteiger partial charge is 0.464 e. The number of nitrogens with one attached hydrogen (secondary N) is 2. The highest BCUT2D eigenvalue weighted by molar-refractivity contribution is 5.35. The van der Waals surface area contributed by atoms with Crippen LogP contribution < -0.4 is 15.4 Å². The Morgan fingerprint density at radius 2 is 1.86 bits per heavy atom. The lowest BCUT2D eigenvalue weighted by molar-refractivity contribution is 0.0347. The quantitative estimate of drug-likeness (QED) is 0.710. The van der Waals surface area contributed by atoms with Crippen molar-refractivity contribution in [1.29, 1.82) is 0 Å². The second-order valence-electron chi connectivity index (χ2n) is 5.01. The third-order valence-corrected chi connectivity index (χ3v) is 3.40. The van der Waals surface area contributed by atoms with Crippen LogP contribution in [-0.4, -0.2) is 47.9 Å². The van der Waals surface area contributed by atoms with Gasteiger partial charge in [-0.25, -0.2) is 0 Å². The molecule has 0 aliphatic heterocycles. The van der Waals surface area contributed by atoms with Crippen molar-refractivity contribution in [2.45, 2.75) is 45.1 Å². The van der Waals surface area contributed by atoms with Crippen LogP contribution in [0.3, 0.4) is 0 Å². The number of nitrogens with zero attached hydrogens (tertiary/aromatic N) is 3. The highest BCUT2D eigenvalue weighted by atomic mass is 16.5. The summed E-state index contributed by atoms with van der Waals surface area (Å²) in [5.41, 5.74) is 0. The number of hydrogen-bond donors (Lipinski definition) is 2. The molecule has 1 saturated carbocycles. The van der Waals surface area contributed by atoms with Gasteiger partial charge in [-0.15, -0.1) is 0 Å². The molecule has 7 heteroatoms. The molecule has 1 heterocycles. The highest BCUT2D eigenvalue weighted by Crippen LogP contribution is 2.20. The monoisotopic (exact) mass is 295 g/mol. The van der Waals surface area contributed by atoms with Gasteiger partial charge >= 0.3 is 6.01 Å². The first kappa shape index (κ1) is 15.8. The Bertz CT molecular complexity index is 424. The summed E-state index contributed by atoms with van der Waals surface area (Å²) in [6, 6.07) is 0.326. The lowest BCUT2D eigenvalue weighted by Gasteiger charge is -2.22. The molecule has 0 radical (unpaired) electrons. The number of aromatic nitrogens is 3. The second-order valence-corrected chi connectivity index (χ2v) is 5.01. The van der Waals surface area contributed by atoms with Crippen LogP contribution in [0.1, 0.15) is 39.0 Å². The third kappa shape index (κ3) is 5.34. The van der Waals surface area contributed by atoms with Crippen LogP contribution in [0.5, 0.6) is 6.01 Å². The molecule has 0 unspecified atom stereocenters. The van der Waals surface area contributed by atoms with Gasteiger partial charge in [-0.3, -0.25) is 0 Å². The fourth-order valence-electron chi connectivity index (χ4n) is 2.36. The van der Waals surface area contributed by atoms with E-state index >= 15 is 0 Å². The molecule has 1 aliphatic rings. The van der Waals surface area contributed by atoms with E-state index in [1.54, 1.807) is 7.05 Å². The smallest absolute Gasteiger partial charge is 0.323 e. The lowest BCUT2D eigenvalue weighted by Crippen LogP contribution is -2.21. The maximum absolute atomic E-state index is 5.86. The Morgan fingerprint density at radius 1 is 1.10 bits per heavy atom. The topological polar surface area (TPSA) is 81.2 Å². The Hall–Kier alpha value is -1.63. The standard InChI is InChI=1S/C14H25N5O2/c1-3-20-14-18-12(15-2)17-13(19-14)16-9-10-21-11-7-5-4-6-8-11/h11H,3-10H2,1-2H3,(H2,15,16,17,18,19). The Morgan fingerprint density at radius 3 is 2.57 bits per heavy atom. The number of rotatable bonds is 8. The zero-order chi connectivity index (χ0) is 14.9. The van der Waals surface area contributed by atoms with Crippen molar-refractivity contribution >= 4 is 11.9 Å². The highest BCUT2D eigenvalue weighted by Gasteiger charge is 2.13. The lowest BCUT2D eigenvalue weighted by atomic mass is 9.98. The van der Waals surface area contributed by atoms with Gasteiger partial charge in [-0.1, -0.05) is 19.3 Å². The molecule has 1 aromatic rings. The van der Waals surface area contributed by atoms with E-state index in [1.165, 1.54) is 32.1 Å². The van der Waals surface area contributed by atoms with Gasteiger partial charge in [0.15, 0.2) is 0 Å². The van der Waals surface area contributed by atoms with E-state index in [1.807, 2.05) is 6.92 Å². The van der Waals surface area contributed by atoms with Crippen molar-refractivity contribution in [2.75, 3.05) is 37.4 Å². The first-order chi connectivity index (χ1) is 10.3. The van der Waals surface area contributed by atoms with Gasteiger partial charge in [0.25, 0.3) is 0 Å². The van der Waals surface area contributed by atoms with Crippen LogP contribution >= 0.6 is 0 Å². The predicted molar refractivity (Wildman–Crippen MR) is 81.9 cm³/mol. The Labute approximate surface area is 125 Å². The zero-order valence-electron chi connectivity index (χ0n) is 12.9. The SMILES string of the molecule is CCOc1nc(NC)nc(NCCOC2CCCCC2)n1. The second kappa shape index (κ2) is 8.61. The van der Waals surface area contributed by atoms with Gasteiger partial charge in [0.2, 0.25) is 11.9 Å². The number of anilines is 2. The summed E-state index contributed by atoms with van der Waals surface area (Å²) in [5.74, 6) is 0.995. The van der Waals surface area contributed by atoms with Crippen LogP contribution in [0, 0.1) is 0 Å². The van der Waals surface area contributed by atoms with Crippen molar-refractivity contribution in [2.24, 2.45) is 0 Å². The van der Waals surface area contributed by atoms with Crippen molar-refractivity contribution in [3.8, 4) is 6.01 Å². The molecule has 1 fully saturated rings. The van der Waals surface area contributed by atoms with Crippen LogP contribution in [0.25, 0.3) is 0 Å². The van der Waals surface area contributed by atoms with Gasteiger partial charge in [-0.05, 0) is 19.8 Å². The van der Waals surface area contributed by atoms with E-state index in [2.05, 4.69) is 25.6 Å². The van der Waals surface area contributed by atoms with E-state index in [0.29, 0.717) is 43.8 Å². The van der Waals surface area contributed by atoms with Crippen LogP contribution in [0.4, 0.5) is 11.9 Å². The molecule has 118 valence electrons. The molecule has 0 bridgehead atoms. The van der Waals surface area contributed by atoms with E-state index in [-0.39, 0.29) is 0 Å². The van der Waals surface area contributed by atoms with Gasteiger partial charge < -0.3 is 20.1 Å². The molecule has 1 aliphatic carbocycles. The summed E-state index contributed by atoms with van der Waals surface area (Å²) >= 11 is 0. The summed E-state index contributed by atoms with van der Waals surface area (Å²) in [6.07, 6.45) is 6.71. The maximum atomic E-state index is 5.86. The molecule has 0 aromatic carbocycles.